The number of halogens is 2. The van der Waals surface area contributed by atoms with E-state index in [9.17, 15) is 13.6 Å². The molecular weight excluding hydrogens is 154 g/mol. The van der Waals surface area contributed by atoms with E-state index in [-0.39, 0.29) is 5.78 Å². The summed E-state index contributed by atoms with van der Waals surface area (Å²) in [7, 11) is 0. The molecule has 0 aromatic heterocycles. The Bertz CT molecular complexity index is 143. The van der Waals surface area contributed by atoms with E-state index in [1.165, 1.54) is 20.8 Å². The van der Waals surface area contributed by atoms with E-state index in [0.29, 0.717) is 0 Å². The molecule has 0 heterocycles. The van der Waals surface area contributed by atoms with Crippen molar-refractivity contribution in [3.8, 4) is 0 Å². The van der Waals surface area contributed by atoms with Gasteiger partial charge in [0.05, 0.1) is 0 Å². The highest BCUT2D eigenvalue weighted by molar-refractivity contribution is 5.83. The lowest BCUT2D eigenvalue weighted by atomic mass is 10.1. The molecule has 2 nitrogen and oxygen atoms in total. The van der Waals surface area contributed by atoms with Crippen LogP contribution in [0.15, 0.2) is 0 Å². The molecule has 4 heteroatoms. The Morgan fingerprint density at radius 1 is 1.55 bits per heavy atom. The average molecular weight is 166 g/mol. The molecule has 0 aliphatic rings. The van der Waals surface area contributed by atoms with Crippen LogP contribution in [-0.2, 0) is 9.53 Å². The zero-order valence-electron chi connectivity index (χ0n) is 6.86. The Hall–Kier alpha value is -0.510. The third-order valence-corrected chi connectivity index (χ3v) is 1.42. The molecule has 0 bridgehead atoms. The second-order valence-corrected chi connectivity index (χ2v) is 2.77. The van der Waals surface area contributed by atoms with Crippen LogP contribution in [0.2, 0.25) is 0 Å². The van der Waals surface area contributed by atoms with E-state index in [2.05, 4.69) is 4.74 Å². The highest BCUT2D eigenvalue weighted by atomic mass is 19.3. The predicted octanol–water partition coefficient (Wildman–Crippen LogP) is 1.64. The van der Waals surface area contributed by atoms with Crippen LogP contribution >= 0.6 is 0 Å². The topological polar surface area (TPSA) is 26.3 Å². The van der Waals surface area contributed by atoms with Gasteiger partial charge < -0.3 is 4.74 Å². The van der Waals surface area contributed by atoms with Crippen LogP contribution in [0.25, 0.3) is 0 Å². The van der Waals surface area contributed by atoms with Crippen LogP contribution in [0.4, 0.5) is 8.78 Å². The van der Waals surface area contributed by atoms with Gasteiger partial charge in [-0.3, -0.25) is 4.79 Å². The highest BCUT2D eigenvalue weighted by Crippen LogP contribution is 2.11. The van der Waals surface area contributed by atoms with Gasteiger partial charge in [-0.1, -0.05) is 0 Å². The molecule has 0 fully saturated rings. The summed E-state index contributed by atoms with van der Waals surface area (Å²) in [6, 6.07) is 0. The Kier molecular flexibility index (Phi) is 3.58. The molecule has 0 spiro atoms. The van der Waals surface area contributed by atoms with Crippen molar-refractivity contribution in [1.82, 2.24) is 0 Å². The normalized spacial score (nSPS) is 12.2. The lowest BCUT2D eigenvalue weighted by molar-refractivity contribution is -0.142. The molecule has 0 saturated heterocycles. The molecule has 0 aromatic rings. The minimum absolute atomic E-state index is 0.252. The lowest BCUT2D eigenvalue weighted by Gasteiger charge is -2.21. The second kappa shape index (κ2) is 3.76. The summed E-state index contributed by atoms with van der Waals surface area (Å²) in [4.78, 5) is 10.7. The molecule has 0 amide bonds. The van der Waals surface area contributed by atoms with Crippen LogP contribution in [0, 0.1) is 0 Å². The maximum absolute atomic E-state index is 11.6. The van der Waals surface area contributed by atoms with Crippen LogP contribution in [0.1, 0.15) is 20.8 Å². The van der Waals surface area contributed by atoms with E-state index >= 15 is 0 Å². The molecule has 0 aromatic carbocycles. The molecule has 0 atom stereocenters. The van der Waals surface area contributed by atoms with Gasteiger partial charge >= 0.3 is 0 Å². The van der Waals surface area contributed by atoms with Gasteiger partial charge in [-0.2, -0.15) is 0 Å². The van der Waals surface area contributed by atoms with Crippen LogP contribution < -0.4 is 0 Å². The van der Waals surface area contributed by atoms with Crippen molar-refractivity contribution in [2.45, 2.75) is 32.8 Å². The van der Waals surface area contributed by atoms with Gasteiger partial charge in [0.25, 0.3) is 6.43 Å². The van der Waals surface area contributed by atoms with Crippen molar-refractivity contribution in [3.05, 3.63) is 0 Å². The molecule has 0 aliphatic carbocycles. The minimum Gasteiger partial charge on any atom is -0.362 e. The minimum atomic E-state index is -2.52. The van der Waals surface area contributed by atoms with Crippen molar-refractivity contribution in [1.29, 1.82) is 0 Å². The summed E-state index contributed by atoms with van der Waals surface area (Å²) < 4.78 is 27.8. The van der Waals surface area contributed by atoms with E-state index in [1.54, 1.807) is 0 Å². The number of hydrogen-bond donors (Lipinski definition) is 0. The van der Waals surface area contributed by atoms with E-state index < -0.39 is 18.6 Å². The molecule has 66 valence electrons. The summed E-state index contributed by atoms with van der Waals surface area (Å²) in [5.41, 5.74) is -1.09. The molecule has 0 saturated carbocycles. The summed E-state index contributed by atoms with van der Waals surface area (Å²) in [6.45, 7) is 3.56. The van der Waals surface area contributed by atoms with Gasteiger partial charge in [-0.15, -0.1) is 0 Å². The van der Waals surface area contributed by atoms with Crippen LogP contribution in [0.5, 0.6) is 0 Å². The second-order valence-electron chi connectivity index (χ2n) is 2.77. The van der Waals surface area contributed by atoms with Crippen molar-refractivity contribution in [3.63, 3.8) is 0 Å². The predicted molar refractivity (Wildman–Crippen MR) is 36.7 cm³/mol. The lowest BCUT2D eigenvalue weighted by Crippen LogP contribution is -2.34. The van der Waals surface area contributed by atoms with Gasteiger partial charge in [-0.25, -0.2) is 8.78 Å². The van der Waals surface area contributed by atoms with Crippen molar-refractivity contribution >= 4 is 5.78 Å². The van der Waals surface area contributed by atoms with Crippen LogP contribution in [-0.4, -0.2) is 24.4 Å². The largest absolute Gasteiger partial charge is 0.362 e. The SMILES string of the molecule is CC(=O)C(C)(C)OCC(F)F. The van der Waals surface area contributed by atoms with Gasteiger partial charge in [-0.05, 0) is 20.8 Å². The van der Waals surface area contributed by atoms with Crippen molar-refractivity contribution in [2.24, 2.45) is 0 Å². The summed E-state index contributed by atoms with van der Waals surface area (Å²) in [6.07, 6.45) is -2.52. The maximum atomic E-state index is 11.6. The number of ketones is 1. The third kappa shape index (κ3) is 4.03. The van der Waals surface area contributed by atoms with Gasteiger partial charge in [0, 0.05) is 0 Å². The monoisotopic (exact) mass is 166 g/mol. The van der Waals surface area contributed by atoms with E-state index in [4.69, 9.17) is 0 Å². The number of carbonyl (C=O) groups is 1. The Balaban J connectivity index is 3.83. The fraction of sp³-hybridized carbons (Fsp3) is 0.857. The Morgan fingerprint density at radius 2 is 2.00 bits per heavy atom. The number of ether oxygens (including phenoxy) is 1. The zero-order chi connectivity index (χ0) is 9.07. The Morgan fingerprint density at radius 3 is 2.27 bits per heavy atom. The van der Waals surface area contributed by atoms with Crippen molar-refractivity contribution < 1.29 is 18.3 Å². The zero-order valence-corrected chi connectivity index (χ0v) is 6.86. The van der Waals surface area contributed by atoms with Gasteiger partial charge in [0.2, 0.25) is 0 Å². The molecular formula is C7H12F2O2. The van der Waals surface area contributed by atoms with Crippen molar-refractivity contribution in [2.75, 3.05) is 6.61 Å². The number of Topliss-reactive ketones (excluding diaryl/α,β-unsaturated/α-hetero) is 1. The van der Waals surface area contributed by atoms with Gasteiger partial charge in [0.15, 0.2) is 5.78 Å². The number of alkyl halides is 2. The molecule has 0 aliphatic heterocycles. The standard InChI is InChI=1S/C7H12F2O2/c1-5(10)7(2,3)11-4-6(8)9/h6H,4H2,1-3H3. The molecule has 0 radical (unpaired) electrons. The smallest absolute Gasteiger partial charge is 0.261 e. The average Bonchev–Trinajstić information content (AvgIpc) is 1.84. The number of carbonyl (C=O) groups excluding carboxylic acids is 1. The molecule has 0 unspecified atom stereocenters. The number of rotatable bonds is 4. The fourth-order valence-corrected chi connectivity index (χ4v) is 0.373. The maximum Gasteiger partial charge on any atom is 0.261 e. The summed E-state index contributed by atoms with van der Waals surface area (Å²) >= 11 is 0. The van der Waals surface area contributed by atoms with Crippen LogP contribution in [0.3, 0.4) is 0 Å². The Labute approximate surface area is 64.5 Å². The first kappa shape index (κ1) is 10.5. The molecule has 0 N–H and O–H groups in total. The first-order valence-corrected chi connectivity index (χ1v) is 3.29. The summed E-state index contributed by atoms with van der Waals surface area (Å²) in [5.74, 6) is -0.252. The third-order valence-electron chi connectivity index (χ3n) is 1.42. The summed E-state index contributed by atoms with van der Waals surface area (Å²) in [5, 5.41) is 0. The molecule has 0 rings (SSSR count). The molecule has 11 heavy (non-hydrogen) atoms. The highest BCUT2D eigenvalue weighted by Gasteiger charge is 2.25. The first-order chi connectivity index (χ1) is 4.86. The van der Waals surface area contributed by atoms with Gasteiger partial charge in [0.1, 0.15) is 12.2 Å². The number of hydrogen-bond acceptors (Lipinski definition) is 2. The fourth-order valence-electron chi connectivity index (χ4n) is 0.373. The van der Waals surface area contributed by atoms with E-state index in [1.807, 2.05) is 0 Å². The van der Waals surface area contributed by atoms with E-state index in [0.717, 1.165) is 0 Å². The first-order valence-electron chi connectivity index (χ1n) is 3.29. The quantitative estimate of drug-likeness (QED) is 0.634.